The highest BCUT2D eigenvalue weighted by Gasteiger charge is 1.97. The highest BCUT2D eigenvalue weighted by molar-refractivity contribution is 4.51. The Hall–Kier alpha value is -0.0800. The summed E-state index contributed by atoms with van der Waals surface area (Å²) in [4.78, 5) is 0. The van der Waals surface area contributed by atoms with Crippen LogP contribution in [0.3, 0.4) is 0 Å². The number of aliphatic hydroxyl groups is 2. The predicted molar refractivity (Wildman–Crippen MR) is 60.3 cm³/mol. The molecule has 0 bridgehead atoms. The molecule has 0 aliphatic carbocycles. The average molecular weight is 202 g/mol. The Kier molecular flexibility index (Phi) is 9.42. The minimum atomic E-state index is -0.134. The number of unbranched alkanes of at least 4 members (excludes halogenated alkanes) is 5. The summed E-state index contributed by atoms with van der Waals surface area (Å²) in [6.45, 7) is 3.70. The van der Waals surface area contributed by atoms with Crippen molar-refractivity contribution in [2.75, 3.05) is 0 Å². The fourth-order valence-electron chi connectivity index (χ4n) is 1.59. The Labute approximate surface area is 88.3 Å². The van der Waals surface area contributed by atoms with Crippen LogP contribution < -0.4 is 0 Å². The summed E-state index contributed by atoms with van der Waals surface area (Å²) >= 11 is 0. The number of hydrogen-bond donors (Lipinski definition) is 2. The van der Waals surface area contributed by atoms with Crippen LogP contribution in [0, 0.1) is 0 Å². The van der Waals surface area contributed by atoms with Crippen molar-refractivity contribution in [1.29, 1.82) is 0 Å². The van der Waals surface area contributed by atoms with Crippen LogP contribution in [0.2, 0.25) is 0 Å². The van der Waals surface area contributed by atoms with Crippen LogP contribution in [-0.4, -0.2) is 22.4 Å². The minimum absolute atomic E-state index is 0.134. The molecular formula is C12H26O2. The lowest BCUT2D eigenvalue weighted by Crippen LogP contribution is -1.99. The second-order valence-electron chi connectivity index (χ2n) is 4.40. The van der Waals surface area contributed by atoms with Gasteiger partial charge in [-0.2, -0.15) is 0 Å². The predicted octanol–water partition coefficient (Wildman–Crippen LogP) is 2.87. The zero-order valence-corrected chi connectivity index (χ0v) is 9.71. The summed E-state index contributed by atoms with van der Waals surface area (Å²) in [6, 6.07) is 0. The van der Waals surface area contributed by atoms with E-state index in [1.165, 1.54) is 25.7 Å². The molecule has 0 aliphatic heterocycles. The normalized spacial score (nSPS) is 15.4. The second kappa shape index (κ2) is 9.47. The molecule has 0 saturated heterocycles. The van der Waals surface area contributed by atoms with E-state index in [0.29, 0.717) is 0 Å². The molecule has 0 spiro atoms. The van der Waals surface area contributed by atoms with Crippen LogP contribution in [0.5, 0.6) is 0 Å². The number of hydrogen-bond acceptors (Lipinski definition) is 2. The summed E-state index contributed by atoms with van der Waals surface area (Å²) in [5.41, 5.74) is 0. The van der Waals surface area contributed by atoms with Gasteiger partial charge in [0.25, 0.3) is 0 Å². The largest absolute Gasteiger partial charge is 0.393 e. The first-order valence-corrected chi connectivity index (χ1v) is 5.99. The quantitative estimate of drug-likeness (QED) is 0.564. The van der Waals surface area contributed by atoms with Crippen LogP contribution in [0.25, 0.3) is 0 Å². The van der Waals surface area contributed by atoms with Gasteiger partial charge in [-0.15, -0.1) is 0 Å². The molecule has 0 aliphatic rings. The fourth-order valence-corrected chi connectivity index (χ4v) is 1.59. The first-order chi connectivity index (χ1) is 6.63. The summed E-state index contributed by atoms with van der Waals surface area (Å²) in [6.07, 6.45) is 8.91. The Morgan fingerprint density at radius 1 is 0.643 bits per heavy atom. The van der Waals surface area contributed by atoms with Crippen molar-refractivity contribution in [1.82, 2.24) is 0 Å². The molecule has 0 aromatic rings. The number of aliphatic hydroxyl groups excluding tert-OH is 2. The van der Waals surface area contributed by atoms with E-state index in [1.54, 1.807) is 0 Å². The molecule has 2 heteroatoms. The summed E-state index contributed by atoms with van der Waals surface area (Å²) < 4.78 is 0. The third kappa shape index (κ3) is 11.9. The molecule has 2 atom stereocenters. The van der Waals surface area contributed by atoms with Gasteiger partial charge in [-0.25, -0.2) is 0 Å². The van der Waals surface area contributed by atoms with Gasteiger partial charge in [0.05, 0.1) is 12.2 Å². The van der Waals surface area contributed by atoms with E-state index in [-0.39, 0.29) is 12.2 Å². The smallest absolute Gasteiger partial charge is 0.0512 e. The van der Waals surface area contributed by atoms with Crippen LogP contribution in [-0.2, 0) is 0 Å². The van der Waals surface area contributed by atoms with Gasteiger partial charge in [0.15, 0.2) is 0 Å². The molecule has 0 fully saturated rings. The second-order valence-corrected chi connectivity index (χ2v) is 4.40. The molecular weight excluding hydrogens is 176 g/mol. The molecule has 0 aromatic carbocycles. The monoisotopic (exact) mass is 202 g/mol. The molecule has 0 amide bonds. The van der Waals surface area contributed by atoms with Crippen molar-refractivity contribution in [2.24, 2.45) is 0 Å². The van der Waals surface area contributed by atoms with Gasteiger partial charge in [-0.05, 0) is 26.7 Å². The molecule has 2 nitrogen and oxygen atoms in total. The van der Waals surface area contributed by atoms with E-state index in [0.717, 1.165) is 25.7 Å². The van der Waals surface area contributed by atoms with Crippen molar-refractivity contribution >= 4 is 0 Å². The summed E-state index contributed by atoms with van der Waals surface area (Å²) in [5.74, 6) is 0. The highest BCUT2D eigenvalue weighted by Crippen LogP contribution is 2.10. The molecule has 14 heavy (non-hydrogen) atoms. The zero-order chi connectivity index (χ0) is 10.8. The van der Waals surface area contributed by atoms with Gasteiger partial charge in [-0.1, -0.05) is 38.5 Å². The van der Waals surface area contributed by atoms with Gasteiger partial charge in [-0.3, -0.25) is 0 Å². The molecule has 2 N–H and O–H groups in total. The van der Waals surface area contributed by atoms with E-state index in [4.69, 9.17) is 10.2 Å². The Morgan fingerprint density at radius 2 is 0.929 bits per heavy atom. The Morgan fingerprint density at radius 3 is 1.21 bits per heavy atom. The van der Waals surface area contributed by atoms with Gasteiger partial charge < -0.3 is 10.2 Å². The first kappa shape index (κ1) is 13.9. The highest BCUT2D eigenvalue weighted by atomic mass is 16.3. The molecule has 0 saturated carbocycles. The maximum absolute atomic E-state index is 9.03. The van der Waals surface area contributed by atoms with Crippen molar-refractivity contribution < 1.29 is 10.2 Å². The van der Waals surface area contributed by atoms with Gasteiger partial charge in [0.2, 0.25) is 0 Å². The van der Waals surface area contributed by atoms with Crippen molar-refractivity contribution in [3.05, 3.63) is 0 Å². The average Bonchev–Trinajstić information content (AvgIpc) is 2.08. The molecule has 0 rings (SSSR count). The minimum Gasteiger partial charge on any atom is -0.393 e. The van der Waals surface area contributed by atoms with Crippen LogP contribution >= 0.6 is 0 Å². The maximum Gasteiger partial charge on any atom is 0.0512 e. The first-order valence-electron chi connectivity index (χ1n) is 5.99. The van der Waals surface area contributed by atoms with Crippen molar-refractivity contribution in [3.63, 3.8) is 0 Å². The van der Waals surface area contributed by atoms with Crippen LogP contribution in [0.4, 0.5) is 0 Å². The van der Waals surface area contributed by atoms with Gasteiger partial charge >= 0.3 is 0 Å². The standard InChI is InChI=1S/C12H26O2/c1-11(13)9-7-5-3-4-6-8-10-12(2)14/h11-14H,3-10H2,1-2H3/t11-,12-/m1/s1. The zero-order valence-electron chi connectivity index (χ0n) is 9.71. The lowest BCUT2D eigenvalue weighted by atomic mass is 10.1. The van der Waals surface area contributed by atoms with E-state index in [1.807, 2.05) is 13.8 Å². The Bertz CT molecular complexity index is 96.9. The van der Waals surface area contributed by atoms with Crippen molar-refractivity contribution in [2.45, 2.75) is 77.4 Å². The molecule has 0 heterocycles. The molecule has 0 aromatic heterocycles. The van der Waals surface area contributed by atoms with E-state index >= 15 is 0 Å². The maximum atomic E-state index is 9.03. The molecule has 86 valence electrons. The lowest BCUT2D eigenvalue weighted by molar-refractivity contribution is 0.178. The topological polar surface area (TPSA) is 40.5 Å². The van der Waals surface area contributed by atoms with Crippen LogP contribution in [0.1, 0.15) is 65.2 Å². The molecule has 0 radical (unpaired) electrons. The Balaban J connectivity index is 2.92. The lowest BCUT2D eigenvalue weighted by Gasteiger charge is -2.05. The number of rotatable bonds is 9. The summed E-state index contributed by atoms with van der Waals surface area (Å²) in [5, 5.41) is 18.1. The van der Waals surface area contributed by atoms with Crippen LogP contribution in [0.15, 0.2) is 0 Å². The fraction of sp³-hybridized carbons (Fsp3) is 1.00. The van der Waals surface area contributed by atoms with E-state index in [2.05, 4.69) is 0 Å². The van der Waals surface area contributed by atoms with E-state index < -0.39 is 0 Å². The van der Waals surface area contributed by atoms with Gasteiger partial charge in [0.1, 0.15) is 0 Å². The molecule has 0 unspecified atom stereocenters. The summed E-state index contributed by atoms with van der Waals surface area (Å²) in [7, 11) is 0. The van der Waals surface area contributed by atoms with Crippen molar-refractivity contribution in [3.8, 4) is 0 Å². The third-order valence-corrected chi connectivity index (χ3v) is 2.49. The third-order valence-electron chi connectivity index (χ3n) is 2.49. The van der Waals surface area contributed by atoms with E-state index in [9.17, 15) is 0 Å². The van der Waals surface area contributed by atoms with Gasteiger partial charge in [0, 0.05) is 0 Å². The SMILES string of the molecule is C[C@@H](O)CCCCCCCC[C@@H](C)O.